The van der Waals surface area contributed by atoms with Crippen LogP contribution in [0.3, 0.4) is 0 Å². The van der Waals surface area contributed by atoms with Crippen molar-refractivity contribution in [3.8, 4) is 11.5 Å². The fraction of sp³-hybridized carbons (Fsp3) is 0.417. The molecule has 1 aromatic rings. The van der Waals surface area contributed by atoms with Crippen molar-refractivity contribution in [2.24, 2.45) is 0 Å². The zero-order chi connectivity index (χ0) is 11.5. The minimum absolute atomic E-state index is 0.401. The van der Waals surface area contributed by atoms with Gasteiger partial charge in [-0.2, -0.15) is 0 Å². The number of benzene rings is 1. The Morgan fingerprint density at radius 1 is 1.25 bits per heavy atom. The molecule has 1 aliphatic rings. The summed E-state index contributed by atoms with van der Waals surface area (Å²) >= 11 is 0. The van der Waals surface area contributed by atoms with Crippen LogP contribution in [0.5, 0.6) is 11.5 Å². The lowest BCUT2D eigenvalue weighted by Crippen LogP contribution is -2.06. The standard InChI is InChI=1S/C12H14O4/c1-8-4-5-9(12(13)14-2)11-10(8)15-6-3-7-16-11/h4-5H,3,6-7H2,1-2H3. The number of fused-ring (bicyclic) bond motifs is 1. The van der Waals surface area contributed by atoms with E-state index in [9.17, 15) is 4.79 Å². The molecule has 0 atom stereocenters. The van der Waals surface area contributed by atoms with E-state index in [4.69, 9.17) is 14.2 Å². The Morgan fingerprint density at radius 3 is 2.62 bits per heavy atom. The van der Waals surface area contributed by atoms with Gasteiger partial charge >= 0.3 is 5.97 Å². The van der Waals surface area contributed by atoms with Crippen LogP contribution in [0.4, 0.5) is 0 Å². The number of carbonyl (C=O) groups is 1. The highest BCUT2D eigenvalue weighted by Gasteiger charge is 2.21. The monoisotopic (exact) mass is 222 g/mol. The first-order chi connectivity index (χ1) is 7.74. The highest BCUT2D eigenvalue weighted by Crippen LogP contribution is 2.36. The smallest absolute Gasteiger partial charge is 0.341 e. The molecular weight excluding hydrogens is 208 g/mol. The van der Waals surface area contributed by atoms with E-state index in [1.807, 2.05) is 13.0 Å². The Hall–Kier alpha value is -1.71. The molecule has 0 N–H and O–H groups in total. The molecule has 4 heteroatoms. The number of rotatable bonds is 1. The van der Waals surface area contributed by atoms with Crippen LogP contribution in [0, 0.1) is 6.92 Å². The number of ether oxygens (including phenoxy) is 3. The van der Waals surface area contributed by atoms with Gasteiger partial charge in [-0.25, -0.2) is 4.79 Å². The van der Waals surface area contributed by atoms with Gasteiger partial charge in [0, 0.05) is 6.42 Å². The quantitative estimate of drug-likeness (QED) is 0.681. The van der Waals surface area contributed by atoms with Gasteiger partial charge in [0.15, 0.2) is 11.5 Å². The molecule has 0 fully saturated rings. The average molecular weight is 222 g/mol. The molecule has 0 amide bonds. The van der Waals surface area contributed by atoms with Gasteiger partial charge in [-0.1, -0.05) is 6.07 Å². The Balaban J connectivity index is 2.51. The van der Waals surface area contributed by atoms with Crippen molar-refractivity contribution < 1.29 is 19.0 Å². The number of hydrogen-bond acceptors (Lipinski definition) is 4. The van der Waals surface area contributed by atoms with Crippen LogP contribution in [0.15, 0.2) is 12.1 Å². The van der Waals surface area contributed by atoms with Crippen molar-refractivity contribution in [3.05, 3.63) is 23.3 Å². The van der Waals surface area contributed by atoms with Crippen LogP contribution in [0.1, 0.15) is 22.3 Å². The van der Waals surface area contributed by atoms with Gasteiger partial charge in [0.25, 0.3) is 0 Å². The molecule has 16 heavy (non-hydrogen) atoms. The highest BCUT2D eigenvalue weighted by atomic mass is 16.5. The topological polar surface area (TPSA) is 44.8 Å². The summed E-state index contributed by atoms with van der Waals surface area (Å²) in [6.45, 7) is 3.09. The predicted octanol–water partition coefficient (Wildman–Crippen LogP) is 1.94. The number of esters is 1. The predicted molar refractivity (Wildman–Crippen MR) is 58.1 cm³/mol. The normalized spacial score (nSPS) is 14.1. The number of aryl methyl sites for hydroxylation is 1. The zero-order valence-electron chi connectivity index (χ0n) is 9.41. The van der Waals surface area contributed by atoms with Gasteiger partial charge in [0.05, 0.1) is 20.3 Å². The van der Waals surface area contributed by atoms with E-state index >= 15 is 0 Å². The summed E-state index contributed by atoms with van der Waals surface area (Å²) in [5.41, 5.74) is 1.38. The number of methoxy groups -OCH3 is 1. The Labute approximate surface area is 94.1 Å². The van der Waals surface area contributed by atoms with E-state index < -0.39 is 5.97 Å². The highest BCUT2D eigenvalue weighted by molar-refractivity contribution is 5.93. The van der Waals surface area contributed by atoms with E-state index in [-0.39, 0.29) is 0 Å². The van der Waals surface area contributed by atoms with Gasteiger partial charge in [0.1, 0.15) is 5.56 Å². The molecule has 0 spiro atoms. The van der Waals surface area contributed by atoms with Gasteiger partial charge in [-0.05, 0) is 18.6 Å². The maximum atomic E-state index is 11.6. The van der Waals surface area contributed by atoms with Gasteiger partial charge in [0.2, 0.25) is 0 Å². The van der Waals surface area contributed by atoms with Crippen LogP contribution in [0.2, 0.25) is 0 Å². The van der Waals surface area contributed by atoms with Crippen molar-refractivity contribution in [1.82, 2.24) is 0 Å². The molecule has 0 aromatic heterocycles. The largest absolute Gasteiger partial charge is 0.489 e. The van der Waals surface area contributed by atoms with Gasteiger partial charge < -0.3 is 14.2 Å². The third-order valence-electron chi connectivity index (χ3n) is 2.50. The molecule has 86 valence electrons. The lowest BCUT2D eigenvalue weighted by molar-refractivity contribution is 0.0596. The maximum absolute atomic E-state index is 11.6. The molecule has 0 saturated heterocycles. The van der Waals surface area contributed by atoms with E-state index in [0.717, 1.165) is 12.0 Å². The number of hydrogen-bond donors (Lipinski definition) is 0. The minimum atomic E-state index is -0.401. The van der Waals surface area contributed by atoms with Crippen molar-refractivity contribution >= 4 is 5.97 Å². The first-order valence-corrected chi connectivity index (χ1v) is 5.21. The van der Waals surface area contributed by atoms with E-state index in [0.29, 0.717) is 30.3 Å². The van der Waals surface area contributed by atoms with Crippen molar-refractivity contribution in [2.45, 2.75) is 13.3 Å². The van der Waals surface area contributed by atoms with E-state index in [2.05, 4.69) is 0 Å². The van der Waals surface area contributed by atoms with Crippen molar-refractivity contribution in [3.63, 3.8) is 0 Å². The minimum Gasteiger partial charge on any atom is -0.489 e. The third kappa shape index (κ3) is 1.83. The fourth-order valence-corrected chi connectivity index (χ4v) is 1.66. The summed E-state index contributed by atoms with van der Waals surface area (Å²) in [5, 5.41) is 0. The first kappa shape index (κ1) is 10.8. The zero-order valence-corrected chi connectivity index (χ0v) is 9.41. The molecular formula is C12H14O4. The molecule has 0 unspecified atom stereocenters. The second-order valence-corrected chi connectivity index (χ2v) is 3.63. The number of carbonyl (C=O) groups excluding carboxylic acids is 1. The summed E-state index contributed by atoms with van der Waals surface area (Å²) in [6, 6.07) is 3.54. The van der Waals surface area contributed by atoms with Crippen LogP contribution in [0.25, 0.3) is 0 Å². The fourth-order valence-electron chi connectivity index (χ4n) is 1.66. The molecule has 1 aliphatic heterocycles. The first-order valence-electron chi connectivity index (χ1n) is 5.21. The Morgan fingerprint density at radius 2 is 1.94 bits per heavy atom. The van der Waals surface area contributed by atoms with Crippen molar-refractivity contribution in [1.29, 1.82) is 0 Å². The third-order valence-corrected chi connectivity index (χ3v) is 2.50. The summed E-state index contributed by atoms with van der Waals surface area (Å²) in [6.07, 6.45) is 0.814. The van der Waals surface area contributed by atoms with Gasteiger partial charge in [-0.15, -0.1) is 0 Å². The van der Waals surface area contributed by atoms with Crippen LogP contribution >= 0.6 is 0 Å². The second-order valence-electron chi connectivity index (χ2n) is 3.63. The summed E-state index contributed by atoms with van der Waals surface area (Å²) in [7, 11) is 1.35. The molecule has 0 bridgehead atoms. The molecule has 0 saturated carbocycles. The van der Waals surface area contributed by atoms with E-state index in [1.54, 1.807) is 6.07 Å². The molecule has 2 rings (SSSR count). The molecule has 1 aromatic carbocycles. The second kappa shape index (κ2) is 4.43. The summed E-state index contributed by atoms with van der Waals surface area (Å²) in [4.78, 5) is 11.6. The molecule has 0 radical (unpaired) electrons. The lowest BCUT2D eigenvalue weighted by Gasteiger charge is -2.13. The van der Waals surface area contributed by atoms with E-state index in [1.165, 1.54) is 7.11 Å². The average Bonchev–Trinajstić information content (AvgIpc) is 2.55. The summed E-state index contributed by atoms with van der Waals surface area (Å²) in [5.74, 6) is 0.756. The van der Waals surface area contributed by atoms with Crippen LogP contribution in [-0.4, -0.2) is 26.3 Å². The van der Waals surface area contributed by atoms with Crippen LogP contribution in [-0.2, 0) is 4.74 Å². The van der Waals surface area contributed by atoms with Crippen molar-refractivity contribution in [2.75, 3.05) is 20.3 Å². The molecule has 1 heterocycles. The molecule has 0 aliphatic carbocycles. The SMILES string of the molecule is COC(=O)c1ccc(C)c2c1OCCCO2. The Kier molecular flexibility index (Phi) is 2.99. The van der Waals surface area contributed by atoms with Crippen LogP contribution < -0.4 is 9.47 Å². The lowest BCUT2D eigenvalue weighted by atomic mass is 10.1. The maximum Gasteiger partial charge on any atom is 0.341 e. The Bertz CT molecular complexity index is 412. The summed E-state index contributed by atoms with van der Waals surface area (Å²) < 4.78 is 15.8. The van der Waals surface area contributed by atoms with Gasteiger partial charge in [-0.3, -0.25) is 0 Å². The molecule has 4 nitrogen and oxygen atoms in total.